The van der Waals surface area contributed by atoms with Crippen molar-refractivity contribution in [2.45, 2.75) is 20.8 Å². The second kappa shape index (κ2) is 12.6. The molecule has 2 aromatic carbocycles. The zero-order valence-electron chi connectivity index (χ0n) is 18.1. The van der Waals surface area contributed by atoms with Crippen molar-refractivity contribution in [1.29, 1.82) is 0 Å². The van der Waals surface area contributed by atoms with Crippen LogP contribution in [0.4, 0.5) is 0 Å². The van der Waals surface area contributed by atoms with Gasteiger partial charge < -0.3 is 24.7 Å². The smallest absolute Gasteiger partial charge is 0.271 e. The Labute approximate surface area is 195 Å². The van der Waals surface area contributed by atoms with Gasteiger partial charge in [-0.2, -0.15) is 5.10 Å². The van der Waals surface area contributed by atoms with E-state index in [2.05, 4.69) is 26.5 Å². The van der Waals surface area contributed by atoms with Gasteiger partial charge in [0.25, 0.3) is 11.8 Å². The van der Waals surface area contributed by atoms with Gasteiger partial charge in [-0.3, -0.25) is 9.59 Å². The topological polar surface area (TPSA) is 121 Å². The number of amides is 2. The number of hydrazone groups is 1. The fourth-order valence-electron chi connectivity index (χ4n) is 2.63. The van der Waals surface area contributed by atoms with Crippen molar-refractivity contribution >= 4 is 34.0 Å². The van der Waals surface area contributed by atoms with Crippen molar-refractivity contribution in [3.8, 4) is 23.0 Å². The lowest BCUT2D eigenvalue weighted by Gasteiger charge is -2.13. The maximum absolute atomic E-state index is 12.5. The molecule has 0 unspecified atom stereocenters. The Kier molecular flexibility index (Phi) is 9.80. The van der Waals surface area contributed by atoms with Gasteiger partial charge in [0.2, 0.25) is 0 Å². The molecule has 0 bridgehead atoms. The molecule has 2 aromatic rings. The number of nitrogens with two attached hydrogens (primary N) is 1. The van der Waals surface area contributed by atoms with Crippen LogP contribution in [0.3, 0.4) is 0 Å². The third-order valence-corrected chi connectivity index (χ3v) is 4.46. The first-order chi connectivity index (χ1) is 15.4. The number of halogens is 1. The van der Waals surface area contributed by atoms with Gasteiger partial charge in [-0.15, -0.1) is 0 Å². The van der Waals surface area contributed by atoms with E-state index < -0.39 is 11.8 Å². The van der Waals surface area contributed by atoms with Crippen LogP contribution in [0.1, 0.15) is 36.7 Å². The normalized spacial score (nSPS) is 10.6. The van der Waals surface area contributed by atoms with E-state index in [1.54, 1.807) is 30.3 Å². The molecular formula is C22H26BrN3O6. The highest BCUT2D eigenvalue weighted by atomic mass is 79.9. The van der Waals surface area contributed by atoms with Gasteiger partial charge in [-0.25, -0.2) is 5.43 Å². The van der Waals surface area contributed by atoms with E-state index in [4.69, 9.17) is 24.7 Å². The molecule has 0 radical (unpaired) electrons. The molecule has 32 heavy (non-hydrogen) atoms. The highest BCUT2D eigenvalue weighted by Crippen LogP contribution is 2.36. The van der Waals surface area contributed by atoms with E-state index in [0.717, 1.165) is 0 Å². The number of carbonyl (C=O) groups is 2. The first-order valence-corrected chi connectivity index (χ1v) is 10.8. The van der Waals surface area contributed by atoms with Crippen molar-refractivity contribution in [3.05, 3.63) is 45.9 Å². The molecule has 0 aliphatic carbocycles. The first kappa shape index (κ1) is 25.0. The molecule has 0 aliphatic rings. The summed E-state index contributed by atoms with van der Waals surface area (Å²) in [5.74, 6) is 0.808. The molecule has 0 saturated heterocycles. The lowest BCUT2D eigenvalue weighted by molar-refractivity contribution is -0.119. The van der Waals surface area contributed by atoms with Crippen LogP contribution >= 0.6 is 15.9 Å². The summed E-state index contributed by atoms with van der Waals surface area (Å²) in [5.41, 5.74) is 8.63. The third-order valence-electron chi connectivity index (χ3n) is 3.88. The predicted molar refractivity (Wildman–Crippen MR) is 124 cm³/mol. The summed E-state index contributed by atoms with van der Waals surface area (Å²) in [6.45, 7) is 6.58. The Morgan fingerprint density at radius 1 is 0.969 bits per heavy atom. The van der Waals surface area contributed by atoms with Crippen molar-refractivity contribution in [1.82, 2.24) is 5.43 Å². The van der Waals surface area contributed by atoms with Crippen LogP contribution in [0, 0.1) is 0 Å². The molecule has 2 rings (SSSR count). The molecule has 0 fully saturated rings. The van der Waals surface area contributed by atoms with Crippen LogP contribution in [0.15, 0.2) is 39.9 Å². The van der Waals surface area contributed by atoms with Gasteiger partial charge in [0.1, 0.15) is 0 Å². The average Bonchev–Trinajstić information content (AvgIpc) is 2.74. The Morgan fingerprint density at radius 2 is 1.62 bits per heavy atom. The number of ether oxygens (including phenoxy) is 4. The highest BCUT2D eigenvalue weighted by molar-refractivity contribution is 9.10. The van der Waals surface area contributed by atoms with Crippen molar-refractivity contribution in [3.63, 3.8) is 0 Å². The van der Waals surface area contributed by atoms with Gasteiger partial charge in [0.05, 0.1) is 30.5 Å². The van der Waals surface area contributed by atoms with Crippen LogP contribution in [0.2, 0.25) is 0 Å². The fourth-order valence-corrected chi connectivity index (χ4v) is 3.21. The van der Waals surface area contributed by atoms with Gasteiger partial charge in [0.15, 0.2) is 29.6 Å². The minimum Gasteiger partial charge on any atom is -0.490 e. The van der Waals surface area contributed by atoms with E-state index >= 15 is 0 Å². The Hall–Kier alpha value is -3.27. The molecule has 9 nitrogen and oxygen atoms in total. The lowest BCUT2D eigenvalue weighted by atomic mass is 10.2. The van der Waals surface area contributed by atoms with E-state index in [9.17, 15) is 9.59 Å². The summed E-state index contributed by atoms with van der Waals surface area (Å²) in [7, 11) is 0. The second-order valence-corrected chi connectivity index (χ2v) is 7.10. The van der Waals surface area contributed by atoms with Gasteiger partial charge in [-0.1, -0.05) is 0 Å². The third kappa shape index (κ3) is 7.16. The van der Waals surface area contributed by atoms with Crippen LogP contribution in [0.5, 0.6) is 23.0 Å². The van der Waals surface area contributed by atoms with Crippen LogP contribution in [-0.2, 0) is 4.79 Å². The van der Waals surface area contributed by atoms with Gasteiger partial charge in [-0.05, 0) is 72.6 Å². The van der Waals surface area contributed by atoms with E-state index in [1.807, 2.05) is 20.8 Å². The maximum Gasteiger partial charge on any atom is 0.271 e. The zero-order valence-corrected chi connectivity index (χ0v) is 19.7. The van der Waals surface area contributed by atoms with E-state index in [-0.39, 0.29) is 6.61 Å². The summed E-state index contributed by atoms with van der Waals surface area (Å²) in [4.78, 5) is 23.5. The Morgan fingerprint density at radius 3 is 2.28 bits per heavy atom. The number of nitrogens with zero attached hydrogens (tertiary/aromatic N) is 1. The second-order valence-electron chi connectivity index (χ2n) is 6.24. The van der Waals surface area contributed by atoms with Crippen molar-refractivity contribution in [2.75, 3.05) is 26.4 Å². The fraction of sp³-hybridized carbons (Fsp3) is 0.318. The average molecular weight is 508 g/mol. The molecule has 10 heteroatoms. The lowest BCUT2D eigenvalue weighted by Crippen LogP contribution is -2.20. The number of hydrogen-bond acceptors (Lipinski definition) is 7. The maximum atomic E-state index is 12.5. The molecule has 0 atom stereocenters. The summed E-state index contributed by atoms with van der Waals surface area (Å²) >= 11 is 3.39. The van der Waals surface area contributed by atoms with Crippen LogP contribution < -0.4 is 30.1 Å². The summed E-state index contributed by atoms with van der Waals surface area (Å²) in [6.07, 6.45) is 1.46. The van der Waals surface area contributed by atoms with Crippen LogP contribution in [0.25, 0.3) is 0 Å². The van der Waals surface area contributed by atoms with Gasteiger partial charge >= 0.3 is 0 Å². The summed E-state index contributed by atoms with van der Waals surface area (Å²) < 4.78 is 22.6. The predicted octanol–water partition coefficient (Wildman–Crippen LogP) is 3.27. The number of nitrogens with one attached hydrogen (secondary N) is 1. The number of benzene rings is 2. The first-order valence-electron chi connectivity index (χ1n) is 10.00. The molecular weight excluding hydrogens is 482 g/mol. The number of primary amides is 1. The molecule has 0 heterocycles. The molecule has 2 amide bonds. The summed E-state index contributed by atoms with van der Waals surface area (Å²) in [6, 6.07) is 8.30. The summed E-state index contributed by atoms with van der Waals surface area (Å²) in [5, 5.41) is 4.01. The minimum absolute atomic E-state index is 0.284. The molecule has 3 N–H and O–H groups in total. The number of carbonyl (C=O) groups excluding carboxylic acids is 2. The zero-order chi connectivity index (χ0) is 23.5. The molecule has 0 aliphatic heterocycles. The monoisotopic (exact) mass is 507 g/mol. The Balaban J connectivity index is 2.15. The molecule has 0 aromatic heterocycles. The number of rotatable bonds is 12. The van der Waals surface area contributed by atoms with E-state index in [1.165, 1.54) is 6.21 Å². The van der Waals surface area contributed by atoms with Crippen molar-refractivity contribution < 1.29 is 28.5 Å². The van der Waals surface area contributed by atoms with Crippen molar-refractivity contribution in [2.24, 2.45) is 10.8 Å². The SMILES string of the molecule is CCOc1ccc(C(=O)N/N=C/c2cc(Br)c(OCC(N)=O)c(OCC)c2)cc1OCC. The quantitative estimate of drug-likeness (QED) is 0.335. The molecule has 0 spiro atoms. The number of hydrogen-bond donors (Lipinski definition) is 2. The minimum atomic E-state index is -0.602. The van der Waals surface area contributed by atoms with E-state index in [0.29, 0.717) is 58.4 Å². The highest BCUT2D eigenvalue weighted by Gasteiger charge is 2.14. The van der Waals surface area contributed by atoms with Crippen LogP contribution in [-0.4, -0.2) is 44.5 Å². The molecule has 172 valence electrons. The Bertz CT molecular complexity index is 980. The molecule has 0 saturated carbocycles. The largest absolute Gasteiger partial charge is 0.490 e. The standard InChI is InChI=1S/C22H26BrN3O6/c1-4-29-17-8-7-15(11-18(17)30-5-2)22(28)26-25-12-14-9-16(23)21(32-13-20(24)27)19(10-14)31-6-3/h7-12H,4-6,13H2,1-3H3,(H2,24,27)(H,26,28)/b25-12+. The van der Waals surface area contributed by atoms with Gasteiger partial charge in [0, 0.05) is 5.56 Å².